The third kappa shape index (κ3) is 4.73. The molecule has 0 heteroatoms. The average molecular weight is 797 g/mol. The zero-order valence-corrected chi connectivity index (χ0v) is 37.2. The van der Waals surface area contributed by atoms with Crippen molar-refractivity contribution in [2.45, 2.75) is 66.2 Å². The van der Waals surface area contributed by atoms with E-state index in [0.717, 1.165) is 0 Å². The molecule has 10 aromatic rings. The van der Waals surface area contributed by atoms with E-state index in [4.69, 9.17) is 0 Å². The molecular formula is C62H52. The van der Waals surface area contributed by atoms with Gasteiger partial charge in [-0.25, -0.2) is 0 Å². The molecule has 300 valence electrons. The van der Waals surface area contributed by atoms with E-state index in [2.05, 4.69) is 225 Å². The molecule has 0 heterocycles. The standard InChI is InChI=1S/C62H52/c1-59(2,3)62(60(4,5)6)54-36-40-33-38(30-29-37(40)34-51(54)57-45-22-11-9-19-41(45)42-20-10-16-27-50(42)58(57)62)55-46-23-12-14-25-48(46)56(49-26-15-13-24-47(49)55)39-31-32-44-43-21-17-18-28-52(43)61(7,8)53(44)35-39/h9-36H,1-8H3. The van der Waals surface area contributed by atoms with Crippen LogP contribution in [-0.2, 0) is 10.8 Å². The Morgan fingerprint density at radius 2 is 0.774 bits per heavy atom. The van der Waals surface area contributed by atoms with Crippen LogP contribution < -0.4 is 0 Å². The molecule has 0 fully saturated rings. The maximum Gasteiger partial charge on any atom is 0.0318 e. The van der Waals surface area contributed by atoms with Crippen LogP contribution in [0.2, 0.25) is 0 Å². The number of hydrogen-bond donors (Lipinski definition) is 0. The Balaban J connectivity index is 1.12. The first kappa shape index (κ1) is 37.3. The van der Waals surface area contributed by atoms with E-state index in [1.54, 1.807) is 0 Å². The molecule has 0 radical (unpaired) electrons. The Bertz CT molecular complexity index is 3490. The molecule has 0 spiro atoms. The molecule has 0 saturated heterocycles. The summed E-state index contributed by atoms with van der Waals surface area (Å²) in [4.78, 5) is 0. The van der Waals surface area contributed by atoms with Gasteiger partial charge in [0.25, 0.3) is 0 Å². The lowest BCUT2D eigenvalue weighted by Crippen LogP contribution is -2.50. The van der Waals surface area contributed by atoms with Crippen LogP contribution in [0.4, 0.5) is 0 Å². The van der Waals surface area contributed by atoms with Gasteiger partial charge in [0, 0.05) is 10.8 Å². The quantitative estimate of drug-likeness (QED) is 0.121. The molecule has 0 atom stereocenters. The summed E-state index contributed by atoms with van der Waals surface area (Å²) in [6, 6.07) is 65.1. The van der Waals surface area contributed by atoms with Gasteiger partial charge < -0.3 is 0 Å². The van der Waals surface area contributed by atoms with Crippen molar-refractivity contribution in [3.63, 3.8) is 0 Å². The second-order valence-electron chi connectivity index (χ2n) is 20.8. The molecule has 2 aliphatic carbocycles. The van der Waals surface area contributed by atoms with E-state index in [9.17, 15) is 0 Å². The van der Waals surface area contributed by atoms with Crippen molar-refractivity contribution in [2.75, 3.05) is 0 Å². The molecule has 62 heavy (non-hydrogen) atoms. The average Bonchev–Trinajstić information content (AvgIpc) is 3.71. The second kappa shape index (κ2) is 12.5. The second-order valence-corrected chi connectivity index (χ2v) is 20.8. The highest BCUT2D eigenvalue weighted by molar-refractivity contribution is 6.23. The van der Waals surface area contributed by atoms with Gasteiger partial charge in [-0.1, -0.05) is 201 Å². The molecule has 0 saturated carbocycles. The first-order valence-corrected chi connectivity index (χ1v) is 22.5. The summed E-state index contributed by atoms with van der Waals surface area (Å²) >= 11 is 0. The van der Waals surface area contributed by atoms with Crippen molar-refractivity contribution in [3.8, 4) is 44.5 Å². The van der Waals surface area contributed by atoms with Gasteiger partial charge >= 0.3 is 0 Å². The van der Waals surface area contributed by atoms with Gasteiger partial charge in [-0.2, -0.15) is 0 Å². The predicted molar refractivity (Wildman–Crippen MR) is 268 cm³/mol. The van der Waals surface area contributed by atoms with Gasteiger partial charge in [-0.3, -0.25) is 0 Å². The fourth-order valence-corrected chi connectivity index (χ4v) is 13.2. The van der Waals surface area contributed by atoms with Crippen molar-refractivity contribution in [3.05, 3.63) is 192 Å². The molecule has 0 amide bonds. The lowest BCUT2D eigenvalue weighted by molar-refractivity contribution is 0.0965. The van der Waals surface area contributed by atoms with E-state index in [0.29, 0.717) is 0 Å². The van der Waals surface area contributed by atoms with Crippen LogP contribution in [0, 0.1) is 10.8 Å². The number of benzene rings is 10. The van der Waals surface area contributed by atoms with E-state index in [1.807, 2.05) is 0 Å². The van der Waals surface area contributed by atoms with E-state index < -0.39 is 0 Å². The molecule has 0 aromatic heterocycles. The summed E-state index contributed by atoms with van der Waals surface area (Å²) < 4.78 is 0. The van der Waals surface area contributed by atoms with Crippen LogP contribution in [0.25, 0.3) is 98.4 Å². The maximum absolute atomic E-state index is 2.59. The molecule has 0 aliphatic heterocycles. The predicted octanol–water partition coefficient (Wildman–Crippen LogP) is 17.5. The highest BCUT2D eigenvalue weighted by atomic mass is 14.6. The molecule has 0 bridgehead atoms. The van der Waals surface area contributed by atoms with E-state index >= 15 is 0 Å². The first-order valence-electron chi connectivity index (χ1n) is 22.5. The van der Waals surface area contributed by atoms with Crippen molar-refractivity contribution < 1.29 is 0 Å². The lowest BCUT2D eigenvalue weighted by atomic mass is 9.49. The van der Waals surface area contributed by atoms with Crippen LogP contribution in [0.1, 0.15) is 77.6 Å². The summed E-state index contributed by atoms with van der Waals surface area (Å²) in [6.45, 7) is 19.6. The van der Waals surface area contributed by atoms with Crippen LogP contribution in [0.3, 0.4) is 0 Å². The Morgan fingerprint density at radius 1 is 0.323 bits per heavy atom. The summed E-state index contributed by atoms with van der Waals surface area (Å²) in [6.07, 6.45) is 0. The fourth-order valence-electron chi connectivity index (χ4n) is 13.2. The first-order chi connectivity index (χ1) is 29.8. The van der Waals surface area contributed by atoms with Crippen LogP contribution in [0.5, 0.6) is 0 Å². The highest BCUT2D eigenvalue weighted by Crippen LogP contribution is 2.67. The Kier molecular flexibility index (Phi) is 7.54. The SMILES string of the molecule is CC1(C)c2ccccc2-c2ccc(-c3c4ccccc4c(-c4ccc5cc6c(cc5c4)C(C(C)(C)C)(C(C)(C)C)c4c-6c5ccccc5c5ccccc45)c4ccccc34)cc21. The van der Waals surface area contributed by atoms with Crippen molar-refractivity contribution in [1.29, 1.82) is 0 Å². The van der Waals surface area contributed by atoms with Gasteiger partial charge in [-0.15, -0.1) is 0 Å². The summed E-state index contributed by atoms with van der Waals surface area (Å²) in [5.74, 6) is 0. The Morgan fingerprint density at radius 3 is 1.35 bits per heavy atom. The smallest absolute Gasteiger partial charge is 0.0318 e. The zero-order valence-electron chi connectivity index (χ0n) is 37.2. The summed E-state index contributed by atoms with van der Waals surface area (Å²) in [5.41, 5.74) is 15.9. The number of rotatable bonds is 2. The maximum atomic E-state index is 2.59. The number of fused-ring (bicyclic) bond motifs is 14. The van der Waals surface area contributed by atoms with Gasteiger partial charge in [-0.05, 0) is 156 Å². The van der Waals surface area contributed by atoms with Gasteiger partial charge in [0.2, 0.25) is 0 Å². The molecule has 0 N–H and O–H groups in total. The monoisotopic (exact) mass is 796 g/mol. The third-order valence-corrected chi connectivity index (χ3v) is 15.3. The van der Waals surface area contributed by atoms with E-state index in [-0.39, 0.29) is 21.7 Å². The zero-order chi connectivity index (χ0) is 42.5. The minimum atomic E-state index is -0.272. The summed E-state index contributed by atoms with van der Waals surface area (Å²) in [7, 11) is 0. The normalized spacial score (nSPS) is 15.0. The lowest BCUT2D eigenvalue weighted by Gasteiger charge is -2.53. The van der Waals surface area contributed by atoms with Crippen LogP contribution in [0.15, 0.2) is 170 Å². The molecule has 0 nitrogen and oxygen atoms in total. The van der Waals surface area contributed by atoms with Crippen molar-refractivity contribution in [2.24, 2.45) is 10.8 Å². The molecule has 12 rings (SSSR count). The van der Waals surface area contributed by atoms with Crippen LogP contribution in [-0.4, -0.2) is 0 Å². The Labute approximate surface area is 365 Å². The van der Waals surface area contributed by atoms with Gasteiger partial charge in [0.1, 0.15) is 0 Å². The topological polar surface area (TPSA) is 0 Å². The van der Waals surface area contributed by atoms with Gasteiger partial charge in [0.15, 0.2) is 0 Å². The highest BCUT2D eigenvalue weighted by Gasteiger charge is 2.58. The molecule has 0 unspecified atom stereocenters. The Hall–Kier alpha value is -6.50. The van der Waals surface area contributed by atoms with Crippen LogP contribution >= 0.6 is 0 Å². The van der Waals surface area contributed by atoms with Crippen molar-refractivity contribution in [1.82, 2.24) is 0 Å². The summed E-state index contributed by atoms with van der Waals surface area (Å²) in [5, 5.41) is 13.1. The van der Waals surface area contributed by atoms with Gasteiger partial charge in [0.05, 0.1) is 0 Å². The molecule has 10 aromatic carbocycles. The minimum absolute atomic E-state index is 0.0715. The third-order valence-electron chi connectivity index (χ3n) is 15.3. The number of hydrogen-bond acceptors (Lipinski definition) is 0. The van der Waals surface area contributed by atoms with E-state index in [1.165, 1.54) is 121 Å². The minimum Gasteiger partial charge on any atom is -0.0619 e. The van der Waals surface area contributed by atoms with Crippen molar-refractivity contribution >= 4 is 53.9 Å². The fraction of sp³-hybridized carbons (Fsp3) is 0.194. The molecular weight excluding hydrogens is 745 g/mol. The largest absolute Gasteiger partial charge is 0.0619 e. The molecule has 2 aliphatic rings.